The number of thioether (sulfide) groups is 1. The summed E-state index contributed by atoms with van der Waals surface area (Å²) in [6.07, 6.45) is 8.16. The molecule has 0 fully saturated rings. The van der Waals surface area contributed by atoms with Crippen molar-refractivity contribution in [1.82, 2.24) is 0 Å². The first-order valence-electron chi connectivity index (χ1n) is 6.34. The standard InChI is InChI=1S/C16H13BrS/c17-11-9-16(18-10-11)14-7-3-1-5-12(14)13-6-2-4-8-15(13)16/h1-3,5-7,10H,4,8-9H2. The van der Waals surface area contributed by atoms with Crippen LogP contribution in [0.3, 0.4) is 0 Å². The van der Waals surface area contributed by atoms with Gasteiger partial charge in [0, 0.05) is 10.9 Å². The van der Waals surface area contributed by atoms with Crippen LogP contribution >= 0.6 is 27.7 Å². The molecular formula is C16H13BrS. The lowest BCUT2D eigenvalue weighted by Gasteiger charge is -2.29. The summed E-state index contributed by atoms with van der Waals surface area (Å²) in [5, 5.41) is 2.28. The molecule has 0 N–H and O–H groups in total. The highest BCUT2D eigenvalue weighted by molar-refractivity contribution is 9.11. The average Bonchev–Trinajstić information content (AvgIpc) is 2.93. The van der Waals surface area contributed by atoms with Gasteiger partial charge in [0.05, 0.1) is 4.75 Å². The average molecular weight is 317 g/mol. The first-order valence-corrected chi connectivity index (χ1v) is 8.01. The van der Waals surface area contributed by atoms with Crippen molar-refractivity contribution >= 4 is 33.3 Å². The van der Waals surface area contributed by atoms with E-state index < -0.39 is 0 Å². The second kappa shape index (κ2) is 3.88. The highest BCUT2D eigenvalue weighted by atomic mass is 79.9. The van der Waals surface area contributed by atoms with Crippen LogP contribution in [0.1, 0.15) is 30.4 Å². The van der Waals surface area contributed by atoms with E-state index in [9.17, 15) is 0 Å². The molecule has 0 bridgehead atoms. The third-order valence-electron chi connectivity index (χ3n) is 4.12. The fourth-order valence-corrected chi connectivity index (χ4v) is 5.59. The van der Waals surface area contributed by atoms with Crippen molar-refractivity contribution < 1.29 is 0 Å². The summed E-state index contributed by atoms with van der Waals surface area (Å²) < 4.78 is 1.53. The molecule has 0 nitrogen and oxygen atoms in total. The van der Waals surface area contributed by atoms with E-state index in [0.717, 1.165) is 6.42 Å². The van der Waals surface area contributed by atoms with Gasteiger partial charge in [-0.15, -0.1) is 11.8 Å². The van der Waals surface area contributed by atoms with Gasteiger partial charge in [0.1, 0.15) is 0 Å². The lowest BCUT2D eigenvalue weighted by molar-refractivity contribution is 0.715. The van der Waals surface area contributed by atoms with Crippen LogP contribution in [-0.4, -0.2) is 0 Å². The molecule has 0 amide bonds. The molecule has 1 aliphatic heterocycles. The molecule has 18 heavy (non-hydrogen) atoms. The molecule has 0 radical (unpaired) electrons. The molecule has 2 heteroatoms. The van der Waals surface area contributed by atoms with Crippen molar-refractivity contribution in [2.24, 2.45) is 0 Å². The van der Waals surface area contributed by atoms with Crippen LogP contribution < -0.4 is 0 Å². The monoisotopic (exact) mass is 316 g/mol. The normalized spacial score (nSPS) is 28.6. The summed E-state index contributed by atoms with van der Waals surface area (Å²) in [5.74, 6) is 0. The Kier molecular flexibility index (Phi) is 2.40. The summed E-state index contributed by atoms with van der Waals surface area (Å²) in [5.41, 5.74) is 6.09. The molecule has 0 saturated carbocycles. The summed E-state index contributed by atoms with van der Waals surface area (Å²) in [7, 11) is 0. The molecule has 1 aromatic carbocycles. The minimum atomic E-state index is 0.190. The Bertz CT molecular complexity index is 624. The summed E-state index contributed by atoms with van der Waals surface area (Å²) >= 11 is 5.68. The summed E-state index contributed by atoms with van der Waals surface area (Å²) in [6.45, 7) is 0. The molecule has 0 aromatic heterocycles. The fraction of sp³-hybridized carbons (Fsp3) is 0.250. The largest absolute Gasteiger partial charge is 0.117 e. The number of fused-ring (bicyclic) bond motifs is 4. The molecule has 3 aliphatic rings. The van der Waals surface area contributed by atoms with Gasteiger partial charge >= 0.3 is 0 Å². The Hall–Kier alpha value is -0.730. The van der Waals surface area contributed by atoms with E-state index >= 15 is 0 Å². The maximum absolute atomic E-state index is 3.69. The molecule has 2 aliphatic carbocycles. The second-order valence-corrected chi connectivity index (χ2v) is 7.25. The topological polar surface area (TPSA) is 0 Å². The number of halogens is 1. The van der Waals surface area contributed by atoms with E-state index in [1.807, 2.05) is 11.8 Å². The van der Waals surface area contributed by atoms with Gasteiger partial charge in [-0.1, -0.05) is 52.3 Å². The van der Waals surface area contributed by atoms with E-state index in [-0.39, 0.29) is 4.75 Å². The van der Waals surface area contributed by atoms with Crippen LogP contribution in [0.25, 0.3) is 5.57 Å². The molecule has 1 atom stereocenters. The quantitative estimate of drug-likeness (QED) is 0.620. The van der Waals surface area contributed by atoms with Gasteiger partial charge in [0.25, 0.3) is 0 Å². The molecule has 1 heterocycles. The summed E-state index contributed by atoms with van der Waals surface area (Å²) in [6, 6.07) is 8.93. The minimum absolute atomic E-state index is 0.190. The Morgan fingerprint density at radius 1 is 1.22 bits per heavy atom. The lowest BCUT2D eigenvalue weighted by atomic mass is 9.87. The molecule has 4 rings (SSSR count). The Morgan fingerprint density at radius 2 is 2.11 bits per heavy atom. The Balaban J connectivity index is 1.98. The third kappa shape index (κ3) is 1.33. The molecule has 1 spiro atoms. The van der Waals surface area contributed by atoms with Crippen LogP contribution in [-0.2, 0) is 4.75 Å². The zero-order valence-electron chi connectivity index (χ0n) is 9.95. The zero-order chi connectivity index (χ0) is 12.2. The first-order chi connectivity index (χ1) is 8.81. The molecule has 0 saturated heterocycles. The Morgan fingerprint density at radius 3 is 2.94 bits per heavy atom. The molecular weight excluding hydrogens is 304 g/mol. The lowest BCUT2D eigenvalue weighted by Crippen LogP contribution is -2.19. The van der Waals surface area contributed by atoms with Gasteiger partial charge < -0.3 is 0 Å². The van der Waals surface area contributed by atoms with Crippen LogP contribution in [0.2, 0.25) is 0 Å². The molecule has 1 unspecified atom stereocenters. The number of rotatable bonds is 0. The van der Waals surface area contributed by atoms with Crippen molar-refractivity contribution in [3.8, 4) is 0 Å². The van der Waals surface area contributed by atoms with E-state index in [1.165, 1.54) is 34.0 Å². The predicted molar refractivity (Wildman–Crippen MR) is 82.6 cm³/mol. The second-order valence-electron chi connectivity index (χ2n) is 5.07. The van der Waals surface area contributed by atoms with Crippen molar-refractivity contribution in [2.45, 2.75) is 24.0 Å². The molecule has 1 aromatic rings. The van der Waals surface area contributed by atoms with E-state index in [0.29, 0.717) is 0 Å². The fourth-order valence-electron chi connectivity index (χ4n) is 3.39. The summed E-state index contributed by atoms with van der Waals surface area (Å²) in [4.78, 5) is 0. The van der Waals surface area contributed by atoms with E-state index in [2.05, 4.69) is 57.8 Å². The van der Waals surface area contributed by atoms with Gasteiger partial charge in [0.15, 0.2) is 0 Å². The van der Waals surface area contributed by atoms with Crippen LogP contribution in [0.4, 0.5) is 0 Å². The van der Waals surface area contributed by atoms with Gasteiger partial charge in [-0.2, -0.15) is 0 Å². The predicted octanol–water partition coefficient (Wildman–Crippen LogP) is 5.37. The smallest absolute Gasteiger partial charge is 0.0719 e. The van der Waals surface area contributed by atoms with Crippen molar-refractivity contribution in [3.63, 3.8) is 0 Å². The SMILES string of the molecule is BrC1=CSC2(C1)C1=C(C=CCC1)c1ccccc12. The maximum atomic E-state index is 3.69. The highest BCUT2D eigenvalue weighted by Crippen LogP contribution is 2.62. The number of benzene rings is 1. The van der Waals surface area contributed by atoms with Gasteiger partial charge in [0.2, 0.25) is 0 Å². The Labute approximate surface area is 120 Å². The van der Waals surface area contributed by atoms with Crippen LogP contribution in [0.5, 0.6) is 0 Å². The van der Waals surface area contributed by atoms with E-state index in [4.69, 9.17) is 0 Å². The highest BCUT2D eigenvalue weighted by Gasteiger charge is 2.47. The van der Waals surface area contributed by atoms with Gasteiger partial charge in [-0.05, 0) is 40.5 Å². The number of allylic oxidation sites excluding steroid dienone is 4. The number of hydrogen-bond acceptors (Lipinski definition) is 1. The first kappa shape index (κ1) is 11.1. The van der Waals surface area contributed by atoms with Gasteiger partial charge in [-0.3, -0.25) is 0 Å². The van der Waals surface area contributed by atoms with Crippen molar-refractivity contribution in [1.29, 1.82) is 0 Å². The van der Waals surface area contributed by atoms with Crippen LogP contribution in [0, 0.1) is 0 Å². The number of hydrogen-bond donors (Lipinski definition) is 0. The maximum Gasteiger partial charge on any atom is 0.0719 e. The van der Waals surface area contributed by atoms with Crippen LogP contribution in [0.15, 0.2) is 51.9 Å². The third-order valence-corrected chi connectivity index (χ3v) is 6.34. The van der Waals surface area contributed by atoms with Crippen molar-refractivity contribution in [3.05, 3.63) is 63.0 Å². The van der Waals surface area contributed by atoms with Crippen molar-refractivity contribution in [2.75, 3.05) is 0 Å². The van der Waals surface area contributed by atoms with E-state index in [1.54, 1.807) is 5.57 Å². The zero-order valence-corrected chi connectivity index (χ0v) is 12.4. The molecule has 90 valence electrons. The van der Waals surface area contributed by atoms with Gasteiger partial charge in [-0.25, -0.2) is 0 Å². The minimum Gasteiger partial charge on any atom is -0.117 e.